The number of nitrogens with two attached hydrogens (primary N) is 1. The van der Waals surface area contributed by atoms with E-state index in [4.69, 9.17) is 10.5 Å². The molecule has 2 N–H and O–H groups in total. The highest BCUT2D eigenvalue weighted by Gasteiger charge is 2.13. The number of hydrogen-bond acceptors (Lipinski definition) is 2. The highest BCUT2D eigenvalue weighted by atomic mass is 16.5. The first-order valence-corrected chi connectivity index (χ1v) is 7.19. The summed E-state index contributed by atoms with van der Waals surface area (Å²) in [5.41, 5.74) is 6.84. The zero-order valence-corrected chi connectivity index (χ0v) is 12.3. The number of hydrogen-bond donors (Lipinski definition) is 1. The molecule has 3 aromatic rings. The van der Waals surface area contributed by atoms with Crippen molar-refractivity contribution in [3.05, 3.63) is 77.9 Å². The van der Waals surface area contributed by atoms with E-state index in [2.05, 4.69) is 24.3 Å². The Morgan fingerprint density at radius 2 is 1.64 bits per heavy atom. The van der Waals surface area contributed by atoms with E-state index in [1.54, 1.807) is 18.2 Å². The lowest BCUT2D eigenvalue weighted by Gasteiger charge is -2.17. The molecule has 1 atom stereocenters. The lowest BCUT2D eigenvalue weighted by atomic mass is 10.0. The standard InChI is InChI=1S/C19H17NO2/c1-13(22-18-9-5-4-8-17(18)19(20)21)15-11-10-14-6-2-3-7-16(14)12-15/h2-13H,1H3,(H2,20,21). The van der Waals surface area contributed by atoms with Gasteiger partial charge in [0.25, 0.3) is 5.91 Å². The Labute approximate surface area is 129 Å². The zero-order valence-electron chi connectivity index (χ0n) is 12.3. The van der Waals surface area contributed by atoms with Gasteiger partial charge in [0.05, 0.1) is 5.56 Å². The average molecular weight is 291 g/mol. The molecule has 0 aliphatic heterocycles. The van der Waals surface area contributed by atoms with Gasteiger partial charge in [-0.05, 0) is 41.5 Å². The lowest BCUT2D eigenvalue weighted by molar-refractivity contribution is 0.0993. The normalized spacial score (nSPS) is 12.0. The molecule has 0 saturated heterocycles. The summed E-state index contributed by atoms with van der Waals surface area (Å²) < 4.78 is 5.94. The molecule has 1 unspecified atom stereocenters. The summed E-state index contributed by atoms with van der Waals surface area (Å²) in [6, 6.07) is 21.4. The van der Waals surface area contributed by atoms with Crippen molar-refractivity contribution < 1.29 is 9.53 Å². The van der Waals surface area contributed by atoms with Gasteiger partial charge in [0.1, 0.15) is 11.9 Å². The Hall–Kier alpha value is -2.81. The zero-order chi connectivity index (χ0) is 15.5. The maximum absolute atomic E-state index is 11.5. The molecule has 3 nitrogen and oxygen atoms in total. The molecule has 3 heteroatoms. The van der Waals surface area contributed by atoms with Gasteiger partial charge in [-0.25, -0.2) is 0 Å². The van der Waals surface area contributed by atoms with Crippen LogP contribution in [-0.4, -0.2) is 5.91 Å². The van der Waals surface area contributed by atoms with Gasteiger partial charge in [-0.1, -0.05) is 48.5 Å². The van der Waals surface area contributed by atoms with Crippen molar-refractivity contribution in [3.63, 3.8) is 0 Å². The average Bonchev–Trinajstić information content (AvgIpc) is 2.54. The molecule has 0 saturated carbocycles. The fraction of sp³-hybridized carbons (Fsp3) is 0.105. The van der Waals surface area contributed by atoms with E-state index in [0.717, 1.165) is 5.56 Å². The highest BCUT2D eigenvalue weighted by molar-refractivity contribution is 5.95. The minimum absolute atomic E-state index is 0.176. The summed E-state index contributed by atoms with van der Waals surface area (Å²) in [5, 5.41) is 2.36. The summed E-state index contributed by atoms with van der Waals surface area (Å²) in [4.78, 5) is 11.5. The fourth-order valence-electron chi connectivity index (χ4n) is 2.49. The van der Waals surface area contributed by atoms with Crippen molar-refractivity contribution in [1.82, 2.24) is 0 Å². The third kappa shape index (κ3) is 2.79. The van der Waals surface area contributed by atoms with Crippen molar-refractivity contribution in [3.8, 4) is 5.75 Å². The number of rotatable bonds is 4. The van der Waals surface area contributed by atoms with Gasteiger partial charge >= 0.3 is 0 Å². The molecule has 0 aliphatic carbocycles. The topological polar surface area (TPSA) is 52.3 Å². The Kier molecular flexibility index (Phi) is 3.79. The minimum Gasteiger partial charge on any atom is -0.485 e. The number of fused-ring (bicyclic) bond motifs is 1. The first kappa shape index (κ1) is 14.1. The van der Waals surface area contributed by atoms with E-state index in [0.29, 0.717) is 11.3 Å². The molecule has 0 aliphatic rings. The Morgan fingerprint density at radius 1 is 0.955 bits per heavy atom. The van der Waals surface area contributed by atoms with Crippen molar-refractivity contribution in [2.45, 2.75) is 13.0 Å². The molecule has 3 aromatic carbocycles. The van der Waals surface area contributed by atoms with Gasteiger partial charge in [-0.15, -0.1) is 0 Å². The van der Waals surface area contributed by atoms with Crippen LogP contribution in [-0.2, 0) is 0 Å². The minimum atomic E-state index is -0.485. The Morgan fingerprint density at radius 3 is 2.41 bits per heavy atom. The van der Waals surface area contributed by atoms with E-state index >= 15 is 0 Å². The summed E-state index contributed by atoms with van der Waals surface area (Å²) in [7, 11) is 0. The first-order chi connectivity index (χ1) is 10.6. The van der Waals surface area contributed by atoms with Crippen molar-refractivity contribution >= 4 is 16.7 Å². The monoisotopic (exact) mass is 291 g/mol. The fourth-order valence-corrected chi connectivity index (χ4v) is 2.49. The van der Waals surface area contributed by atoms with Crippen molar-refractivity contribution in [2.75, 3.05) is 0 Å². The number of primary amides is 1. The molecule has 0 heterocycles. The molecule has 0 radical (unpaired) electrons. The van der Waals surface area contributed by atoms with Gasteiger partial charge in [-0.3, -0.25) is 4.79 Å². The molecular formula is C19H17NO2. The summed E-state index contributed by atoms with van der Waals surface area (Å²) >= 11 is 0. The third-order valence-corrected chi connectivity index (χ3v) is 3.70. The van der Waals surface area contributed by atoms with Crippen LogP contribution in [0.25, 0.3) is 10.8 Å². The number of benzene rings is 3. The van der Waals surface area contributed by atoms with E-state index < -0.39 is 5.91 Å². The molecule has 0 fully saturated rings. The molecule has 0 spiro atoms. The van der Waals surface area contributed by atoms with Crippen LogP contribution in [0.5, 0.6) is 5.75 Å². The van der Waals surface area contributed by atoms with Crippen LogP contribution in [0.1, 0.15) is 28.9 Å². The molecule has 22 heavy (non-hydrogen) atoms. The van der Waals surface area contributed by atoms with E-state index in [-0.39, 0.29) is 6.10 Å². The van der Waals surface area contributed by atoms with Crippen LogP contribution in [0.3, 0.4) is 0 Å². The van der Waals surface area contributed by atoms with E-state index in [1.165, 1.54) is 10.8 Å². The molecule has 1 amide bonds. The van der Waals surface area contributed by atoms with Crippen LogP contribution in [0.4, 0.5) is 0 Å². The van der Waals surface area contributed by atoms with Crippen molar-refractivity contribution in [1.29, 1.82) is 0 Å². The SMILES string of the molecule is CC(Oc1ccccc1C(N)=O)c1ccc2ccccc2c1. The van der Waals surface area contributed by atoms with Crippen LogP contribution in [0.2, 0.25) is 0 Å². The molecular weight excluding hydrogens is 274 g/mol. The second kappa shape index (κ2) is 5.90. The number of ether oxygens (including phenoxy) is 1. The van der Waals surface area contributed by atoms with Gasteiger partial charge in [0, 0.05) is 0 Å². The van der Waals surface area contributed by atoms with Crippen LogP contribution in [0.15, 0.2) is 66.7 Å². The predicted molar refractivity (Wildman–Crippen MR) is 88.0 cm³/mol. The highest BCUT2D eigenvalue weighted by Crippen LogP contribution is 2.27. The third-order valence-electron chi connectivity index (χ3n) is 3.70. The van der Waals surface area contributed by atoms with Gasteiger partial charge in [0.15, 0.2) is 0 Å². The quantitative estimate of drug-likeness (QED) is 0.787. The molecule has 0 bridgehead atoms. The smallest absolute Gasteiger partial charge is 0.252 e. The maximum atomic E-state index is 11.5. The van der Waals surface area contributed by atoms with Crippen LogP contribution < -0.4 is 10.5 Å². The number of para-hydroxylation sites is 1. The summed E-state index contributed by atoms with van der Waals surface area (Å²) in [6.07, 6.45) is -0.176. The van der Waals surface area contributed by atoms with Crippen molar-refractivity contribution in [2.24, 2.45) is 5.73 Å². The maximum Gasteiger partial charge on any atom is 0.252 e. The van der Waals surface area contributed by atoms with Gasteiger partial charge < -0.3 is 10.5 Å². The van der Waals surface area contributed by atoms with Gasteiger partial charge in [0.2, 0.25) is 0 Å². The summed E-state index contributed by atoms with van der Waals surface area (Å²) in [6.45, 7) is 1.96. The summed E-state index contributed by atoms with van der Waals surface area (Å²) in [5.74, 6) is 0.0250. The molecule has 110 valence electrons. The largest absolute Gasteiger partial charge is 0.485 e. The Bertz CT molecular complexity index is 826. The van der Waals surface area contributed by atoms with Crippen LogP contribution in [0, 0.1) is 0 Å². The van der Waals surface area contributed by atoms with Crippen LogP contribution >= 0.6 is 0 Å². The van der Waals surface area contributed by atoms with E-state index in [9.17, 15) is 4.79 Å². The Balaban J connectivity index is 1.90. The van der Waals surface area contributed by atoms with E-state index in [1.807, 2.05) is 31.2 Å². The lowest BCUT2D eigenvalue weighted by Crippen LogP contribution is -2.14. The number of carbonyl (C=O) groups excluding carboxylic acids is 1. The number of carbonyl (C=O) groups is 1. The second-order valence-corrected chi connectivity index (χ2v) is 5.23. The number of amides is 1. The first-order valence-electron chi connectivity index (χ1n) is 7.19. The molecule has 3 rings (SSSR count). The van der Waals surface area contributed by atoms with Gasteiger partial charge in [-0.2, -0.15) is 0 Å². The second-order valence-electron chi connectivity index (χ2n) is 5.23. The predicted octanol–water partition coefficient (Wildman–Crippen LogP) is 4.08. The molecule has 0 aromatic heterocycles.